The number of likely N-dealkylation sites (N-methyl/N-ethyl adjacent to an activating group) is 1. The van der Waals surface area contributed by atoms with Gasteiger partial charge in [0.2, 0.25) is 0 Å². The number of fused-ring (bicyclic) bond motifs is 2. The van der Waals surface area contributed by atoms with Crippen LogP contribution in [0, 0.1) is 0 Å². The summed E-state index contributed by atoms with van der Waals surface area (Å²) < 4.78 is 55.8. The quantitative estimate of drug-likeness (QED) is 0.0216. The number of hydrogen-bond acceptors (Lipinski definition) is 7. The minimum Gasteiger partial charge on any atom is -0.603 e. The van der Waals surface area contributed by atoms with E-state index in [1.807, 2.05) is 39.4 Å². The molecular formula is C46H79BF2N3O8P+. The van der Waals surface area contributed by atoms with Crippen LogP contribution in [0.3, 0.4) is 0 Å². The molecule has 0 saturated heterocycles. The van der Waals surface area contributed by atoms with E-state index < -0.39 is 39.8 Å². The third-order valence-electron chi connectivity index (χ3n) is 11.5. The summed E-state index contributed by atoms with van der Waals surface area (Å²) in [6.45, 7) is -0.128. The van der Waals surface area contributed by atoms with Crippen molar-refractivity contribution in [3.8, 4) is 0 Å². The molecule has 0 unspecified atom stereocenters. The van der Waals surface area contributed by atoms with Crippen LogP contribution in [0.1, 0.15) is 179 Å². The number of hydrogen-bond donors (Lipinski definition) is 0. The summed E-state index contributed by atoms with van der Waals surface area (Å²) in [5.74, 6) is -0.959. The lowest BCUT2D eigenvalue weighted by atomic mass is 9.90. The van der Waals surface area contributed by atoms with Gasteiger partial charge in [-0.05, 0) is 49.9 Å². The Balaban J connectivity index is 1.35. The first-order valence-corrected chi connectivity index (χ1v) is 25.2. The maximum atomic E-state index is 15.9. The molecule has 15 heteroatoms. The first-order chi connectivity index (χ1) is 29.2. The fourth-order valence-electron chi connectivity index (χ4n) is 7.87. The Morgan fingerprint density at radius 2 is 1.30 bits per heavy atom. The predicted molar refractivity (Wildman–Crippen MR) is 239 cm³/mol. The van der Waals surface area contributed by atoms with Crippen LogP contribution in [0.5, 0.6) is 0 Å². The van der Waals surface area contributed by atoms with Crippen molar-refractivity contribution < 1.29 is 55.5 Å². The molecule has 1 atom stereocenters. The molecule has 0 saturated carbocycles. The van der Waals surface area contributed by atoms with Gasteiger partial charge in [-0.3, -0.25) is 9.59 Å². The summed E-state index contributed by atoms with van der Waals surface area (Å²) in [6, 6.07) is 3.61. The van der Waals surface area contributed by atoms with Gasteiger partial charge in [-0.25, -0.2) is 0 Å². The molecule has 2 aliphatic heterocycles. The van der Waals surface area contributed by atoms with Gasteiger partial charge in [-0.2, -0.15) is 9.05 Å². The molecule has 1 aromatic heterocycles. The Bertz CT molecular complexity index is 1540. The number of aryl methyl sites for hydroxylation is 1. The van der Waals surface area contributed by atoms with Gasteiger partial charge in [0.15, 0.2) is 11.8 Å². The number of quaternary nitrogens is 1. The van der Waals surface area contributed by atoms with Gasteiger partial charge >= 0.3 is 27.1 Å². The normalized spacial score (nSPS) is 16.0. The Morgan fingerprint density at radius 3 is 1.89 bits per heavy atom. The molecule has 61 heavy (non-hydrogen) atoms. The van der Waals surface area contributed by atoms with Crippen LogP contribution in [0.4, 0.5) is 8.63 Å². The fraction of sp³-hybridized carbons (Fsp3) is 0.761. The van der Waals surface area contributed by atoms with Crippen LogP contribution in [0.15, 0.2) is 30.0 Å². The molecule has 3 rings (SSSR count). The topological polar surface area (TPSA) is 122 Å². The maximum absolute atomic E-state index is 15.9. The Morgan fingerprint density at radius 1 is 0.738 bits per heavy atom. The molecule has 11 nitrogen and oxygen atoms in total. The number of nitrogens with zero attached hydrogens (tertiary/aromatic N) is 3. The first-order valence-electron chi connectivity index (χ1n) is 23.7. The van der Waals surface area contributed by atoms with Crippen LogP contribution in [-0.2, 0) is 39.4 Å². The number of rotatable bonds is 36. The van der Waals surface area contributed by atoms with Crippen LogP contribution < -0.4 is 4.89 Å². The highest BCUT2D eigenvalue weighted by atomic mass is 31.2. The third-order valence-corrected chi connectivity index (χ3v) is 12.4. The second kappa shape index (κ2) is 28.3. The lowest BCUT2D eigenvalue weighted by Crippen LogP contribution is -2.50. The number of carbonyl (C=O) groups excluding carboxylic acids is 2. The van der Waals surface area contributed by atoms with E-state index in [0.717, 1.165) is 64.2 Å². The molecule has 0 bridgehead atoms. The highest BCUT2D eigenvalue weighted by Crippen LogP contribution is 2.48. The van der Waals surface area contributed by atoms with Crippen molar-refractivity contribution >= 4 is 38.9 Å². The number of unbranched alkanes of at least 4 members (excludes halogenated alkanes) is 18. The Kier molecular flexibility index (Phi) is 24.6. The van der Waals surface area contributed by atoms with Crippen LogP contribution >= 0.6 is 8.17 Å². The predicted octanol–water partition coefficient (Wildman–Crippen LogP) is 10.7. The monoisotopic (exact) mass is 882 g/mol. The van der Waals surface area contributed by atoms with Gasteiger partial charge in [0.25, 0.3) is 0 Å². The van der Waals surface area contributed by atoms with E-state index in [0.29, 0.717) is 59.5 Å². The van der Waals surface area contributed by atoms with E-state index in [1.54, 1.807) is 12.1 Å². The van der Waals surface area contributed by atoms with Gasteiger partial charge in [0.05, 0.1) is 21.1 Å². The zero-order chi connectivity index (χ0) is 44.6. The summed E-state index contributed by atoms with van der Waals surface area (Å²) in [6.07, 6.45) is 28.1. The Hall–Kier alpha value is -2.48. The van der Waals surface area contributed by atoms with Crippen LogP contribution in [-0.4, -0.2) is 91.7 Å². The average Bonchev–Trinajstić information content (AvgIpc) is 3.82. The molecule has 3 heterocycles. The van der Waals surface area contributed by atoms with E-state index >= 15 is 8.63 Å². The van der Waals surface area contributed by atoms with Gasteiger partial charge in [0.1, 0.15) is 32.1 Å². The van der Waals surface area contributed by atoms with E-state index in [-0.39, 0.29) is 26.1 Å². The summed E-state index contributed by atoms with van der Waals surface area (Å²) in [5, 5.41) is 0. The van der Waals surface area contributed by atoms with E-state index in [4.69, 9.17) is 18.5 Å². The van der Waals surface area contributed by atoms with Crippen molar-refractivity contribution in [2.75, 3.05) is 47.5 Å². The molecule has 347 valence electrons. The standard InChI is InChI=1S/C46H79BF2N3O8P/c1-6-8-10-11-12-13-14-15-16-17-18-22-25-29-45(53)57-38-44(39-59-61(55,56)58-36-35-52(3,4)5)60-46(54)30-26-23-20-19-21-24-28-41-32-34-43-37-42-33-31-40(27-9-7-2)50(42)47(48,49)51(41)43/h31-34,37,44H,6-30,35-36,38-39H2,1-5H3/q+1/t44-/m1/s1. The number of esters is 2. The molecule has 0 aliphatic carbocycles. The first kappa shape index (κ1) is 52.9. The van der Waals surface area contributed by atoms with Crippen molar-refractivity contribution in [2.24, 2.45) is 0 Å². The maximum Gasteiger partial charge on any atom is 0.737 e. The molecule has 0 fully saturated rings. The second-order valence-corrected chi connectivity index (χ2v) is 19.5. The number of allylic oxidation sites excluding steroid dienone is 2. The lowest BCUT2D eigenvalue weighted by Gasteiger charge is -2.30. The minimum absolute atomic E-state index is 0.0677. The lowest BCUT2D eigenvalue weighted by molar-refractivity contribution is -0.870. The minimum atomic E-state index is -4.68. The fourth-order valence-corrected chi connectivity index (χ4v) is 8.60. The smallest absolute Gasteiger partial charge is 0.603 e. The van der Waals surface area contributed by atoms with E-state index in [9.17, 15) is 19.4 Å². The molecule has 2 aliphatic rings. The van der Waals surface area contributed by atoms with Crippen molar-refractivity contribution in [3.05, 3.63) is 41.4 Å². The average molecular weight is 882 g/mol. The molecule has 0 amide bonds. The molecule has 0 spiro atoms. The van der Waals surface area contributed by atoms with Crippen LogP contribution in [0.25, 0.3) is 6.08 Å². The molecule has 0 aromatic carbocycles. The van der Waals surface area contributed by atoms with Gasteiger partial charge < -0.3 is 36.4 Å². The van der Waals surface area contributed by atoms with E-state index in [1.165, 1.54) is 66.8 Å². The second-order valence-electron chi connectivity index (χ2n) is 18.1. The summed E-state index contributed by atoms with van der Waals surface area (Å²) >= 11 is 0. The van der Waals surface area contributed by atoms with Crippen molar-refractivity contribution in [3.63, 3.8) is 0 Å². The van der Waals surface area contributed by atoms with Crippen LogP contribution in [0.2, 0.25) is 0 Å². The highest BCUT2D eigenvalue weighted by Gasteiger charge is 2.52. The molecular weight excluding hydrogens is 802 g/mol. The molecule has 1 aromatic rings. The van der Waals surface area contributed by atoms with Crippen molar-refractivity contribution in [2.45, 2.75) is 180 Å². The van der Waals surface area contributed by atoms with Crippen molar-refractivity contribution in [1.82, 2.24) is 4.48 Å². The van der Waals surface area contributed by atoms with Gasteiger partial charge in [0, 0.05) is 48.1 Å². The van der Waals surface area contributed by atoms with Gasteiger partial charge in [-0.15, -0.1) is 0 Å². The van der Waals surface area contributed by atoms with E-state index in [2.05, 4.69) is 13.8 Å². The summed E-state index contributed by atoms with van der Waals surface area (Å²) in [7, 11) is 1.04. The SMILES string of the molecule is CCCCCCCCCCCCCCCC(=O)OC[C@H](CO[P+]([O])([O-])OCC[N+](C)(C)C)OC(=O)CCCCCCCCc1ccc2n1[B-](F)(F)[N+]1=C(CCCC)C=CC1=C2. The number of ether oxygens (including phenoxy) is 2. The van der Waals surface area contributed by atoms with Crippen molar-refractivity contribution in [1.29, 1.82) is 0 Å². The summed E-state index contributed by atoms with van der Waals surface area (Å²) in [5.41, 5.74) is 2.43. The largest absolute Gasteiger partial charge is 0.737 e. The highest BCUT2D eigenvalue weighted by molar-refractivity contribution is 7.52. The van der Waals surface area contributed by atoms with Gasteiger partial charge in [-0.1, -0.05) is 123 Å². The Labute approximate surface area is 367 Å². The third kappa shape index (κ3) is 20.7. The molecule has 1 radical (unpaired) electrons. The zero-order valence-electron chi connectivity index (χ0n) is 38.4. The summed E-state index contributed by atoms with van der Waals surface area (Å²) in [4.78, 5) is 50.2. The molecule has 0 N–H and O–H groups in total. The zero-order valence-corrected chi connectivity index (χ0v) is 39.3. The number of halogens is 2. The number of aromatic nitrogens is 1. The number of carbonyl (C=O) groups is 2.